The normalized spacial score (nSPS) is 11.5. The number of anilines is 1. The van der Waals surface area contributed by atoms with Crippen molar-refractivity contribution in [1.29, 1.82) is 0 Å². The van der Waals surface area contributed by atoms with Gasteiger partial charge in [0, 0.05) is 23.9 Å². The number of hydrogen-bond acceptors (Lipinski definition) is 5. The highest BCUT2D eigenvalue weighted by Gasteiger charge is 2.21. The summed E-state index contributed by atoms with van der Waals surface area (Å²) < 4.78 is 33.9. The smallest absolute Gasteiger partial charge is 0.263 e. The Balaban J connectivity index is 2.23. The van der Waals surface area contributed by atoms with Crippen LogP contribution < -0.4 is 4.72 Å². The van der Waals surface area contributed by atoms with Crippen molar-refractivity contribution in [3.8, 4) is 0 Å². The number of unbranched alkanes of at least 4 members (excludes halogenated alkanes) is 1. The molecule has 1 aromatic carbocycles. The van der Waals surface area contributed by atoms with Crippen LogP contribution in [0.25, 0.3) is 0 Å². The fraction of sp³-hybridized carbons (Fsp3) is 0.312. The van der Waals surface area contributed by atoms with Crippen molar-refractivity contribution in [3.63, 3.8) is 0 Å². The molecule has 9 heteroatoms. The van der Waals surface area contributed by atoms with Gasteiger partial charge in [0.05, 0.1) is 16.5 Å². The van der Waals surface area contributed by atoms with Gasteiger partial charge < -0.3 is 9.84 Å². The average molecular weight is 450 g/mol. The van der Waals surface area contributed by atoms with Crippen LogP contribution in [-0.4, -0.2) is 31.7 Å². The maximum absolute atomic E-state index is 12.7. The number of sulfonamides is 1. The summed E-state index contributed by atoms with van der Waals surface area (Å²) in [5.74, 6) is 0.225. The van der Waals surface area contributed by atoms with Crippen LogP contribution in [0.15, 0.2) is 45.9 Å². The van der Waals surface area contributed by atoms with Gasteiger partial charge in [0.1, 0.15) is 5.82 Å². The summed E-state index contributed by atoms with van der Waals surface area (Å²) >= 11 is 9.35. The van der Waals surface area contributed by atoms with Gasteiger partial charge in [-0.15, -0.1) is 0 Å². The fourth-order valence-corrected chi connectivity index (χ4v) is 3.97. The lowest BCUT2D eigenvalue weighted by molar-refractivity contribution is 0.111. The summed E-state index contributed by atoms with van der Waals surface area (Å²) in [6, 6.07) is 7.95. The summed E-state index contributed by atoms with van der Waals surface area (Å²) in [4.78, 5) is 4.04. The number of pyridine rings is 1. The highest BCUT2D eigenvalue weighted by molar-refractivity contribution is 9.10. The molecule has 0 amide bonds. The number of hydrogen-bond donors (Lipinski definition) is 2. The molecule has 6 nitrogen and oxygen atoms in total. The van der Waals surface area contributed by atoms with E-state index in [1.54, 1.807) is 24.3 Å². The second-order valence-corrected chi connectivity index (χ2v) is 8.09. The third kappa shape index (κ3) is 5.93. The second-order valence-electron chi connectivity index (χ2n) is 5.18. The fourth-order valence-electron chi connectivity index (χ4n) is 2.05. The van der Waals surface area contributed by atoms with Gasteiger partial charge in [-0.3, -0.25) is 4.72 Å². The van der Waals surface area contributed by atoms with E-state index in [9.17, 15) is 8.42 Å². The molecule has 1 heterocycles. The highest BCUT2D eigenvalue weighted by atomic mass is 79.9. The molecular weight excluding hydrogens is 432 g/mol. The Hall–Kier alpha value is -1.19. The van der Waals surface area contributed by atoms with Crippen molar-refractivity contribution in [2.45, 2.75) is 24.3 Å². The number of benzene rings is 1. The predicted octanol–water partition coefficient (Wildman–Crippen LogP) is 3.59. The molecule has 0 spiro atoms. The first-order chi connectivity index (χ1) is 11.9. The molecule has 0 aliphatic rings. The van der Waals surface area contributed by atoms with Gasteiger partial charge in [0.15, 0.2) is 0 Å². The second kappa shape index (κ2) is 9.49. The molecule has 2 aromatic rings. The van der Waals surface area contributed by atoms with E-state index in [2.05, 4.69) is 25.6 Å². The van der Waals surface area contributed by atoms with Crippen molar-refractivity contribution in [3.05, 3.63) is 51.6 Å². The minimum Gasteiger partial charge on any atom is -0.396 e. The minimum absolute atomic E-state index is 0.0663. The lowest BCUT2D eigenvalue weighted by Crippen LogP contribution is -2.16. The number of nitrogens with one attached hydrogen (secondary N) is 1. The maximum atomic E-state index is 12.7. The number of nitrogens with zero attached hydrogens (tertiary/aromatic N) is 1. The van der Waals surface area contributed by atoms with Gasteiger partial charge in [-0.25, -0.2) is 13.4 Å². The molecule has 0 fully saturated rings. The molecular formula is C16H18BrClN2O4S. The van der Waals surface area contributed by atoms with Crippen LogP contribution in [-0.2, 0) is 21.4 Å². The quantitative estimate of drug-likeness (QED) is 0.571. The zero-order chi connectivity index (χ0) is 18.3. The van der Waals surface area contributed by atoms with E-state index in [0.29, 0.717) is 34.5 Å². The number of aliphatic hydroxyl groups is 1. The molecule has 2 rings (SSSR count). The van der Waals surface area contributed by atoms with Gasteiger partial charge in [-0.05, 0) is 58.6 Å². The lowest BCUT2D eigenvalue weighted by atomic mass is 10.2. The van der Waals surface area contributed by atoms with Gasteiger partial charge >= 0.3 is 0 Å². The molecule has 0 radical (unpaired) electrons. The van der Waals surface area contributed by atoms with Crippen LogP contribution in [0, 0.1) is 0 Å². The van der Waals surface area contributed by atoms with Gasteiger partial charge in [-0.1, -0.05) is 17.7 Å². The van der Waals surface area contributed by atoms with Gasteiger partial charge in [0.25, 0.3) is 10.0 Å². The van der Waals surface area contributed by atoms with Crippen molar-refractivity contribution >= 4 is 43.4 Å². The van der Waals surface area contributed by atoms with Crippen LogP contribution in [0.2, 0.25) is 5.02 Å². The lowest BCUT2D eigenvalue weighted by Gasteiger charge is -2.14. The summed E-state index contributed by atoms with van der Waals surface area (Å²) in [6.07, 6.45) is 2.82. The first-order valence-electron chi connectivity index (χ1n) is 7.54. The topological polar surface area (TPSA) is 88.5 Å². The SMILES string of the molecule is O=S(=O)(Nc1ccccn1)c1cc(Br)c(Cl)cc1COCCCCO. The van der Waals surface area contributed by atoms with Crippen LogP contribution in [0.3, 0.4) is 0 Å². The van der Waals surface area contributed by atoms with Crippen molar-refractivity contribution < 1.29 is 18.3 Å². The van der Waals surface area contributed by atoms with E-state index in [4.69, 9.17) is 21.4 Å². The molecule has 0 saturated carbocycles. The predicted molar refractivity (Wildman–Crippen MR) is 100 cm³/mol. The van der Waals surface area contributed by atoms with E-state index >= 15 is 0 Å². The molecule has 0 atom stereocenters. The van der Waals surface area contributed by atoms with Gasteiger partial charge in [-0.2, -0.15) is 0 Å². The number of ether oxygens (including phenoxy) is 1. The Morgan fingerprint density at radius 2 is 2.08 bits per heavy atom. The van der Waals surface area contributed by atoms with Crippen molar-refractivity contribution in [1.82, 2.24) is 4.98 Å². The summed E-state index contributed by atoms with van der Waals surface area (Å²) in [5.41, 5.74) is 0.445. The number of rotatable bonds is 9. The van der Waals surface area contributed by atoms with Crippen LogP contribution in [0.5, 0.6) is 0 Å². The zero-order valence-corrected chi connectivity index (χ0v) is 16.4. The van der Waals surface area contributed by atoms with E-state index in [1.165, 1.54) is 12.3 Å². The maximum Gasteiger partial charge on any atom is 0.263 e. The number of halogens is 2. The Kier molecular flexibility index (Phi) is 7.64. The van der Waals surface area contributed by atoms with Gasteiger partial charge in [0.2, 0.25) is 0 Å². The van der Waals surface area contributed by atoms with Crippen molar-refractivity contribution in [2.24, 2.45) is 0 Å². The Morgan fingerprint density at radius 1 is 1.28 bits per heavy atom. The van der Waals surface area contributed by atoms with Crippen LogP contribution in [0.1, 0.15) is 18.4 Å². The molecule has 25 heavy (non-hydrogen) atoms. The molecule has 2 N–H and O–H groups in total. The first kappa shape index (κ1) is 20.1. The van der Waals surface area contributed by atoms with E-state index in [-0.39, 0.29) is 23.9 Å². The Morgan fingerprint density at radius 3 is 2.76 bits per heavy atom. The molecule has 0 aliphatic heterocycles. The van der Waals surface area contributed by atoms with Crippen LogP contribution in [0.4, 0.5) is 5.82 Å². The number of aromatic nitrogens is 1. The summed E-state index contributed by atoms with van der Waals surface area (Å²) in [7, 11) is -3.85. The molecule has 0 saturated heterocycles. The number of aliphatic hydroxyl groups excluding tert-OH is 1. The minimum atomic E-state index is -3.85. The van der Waals surface area contributed by atoms with E-state index < -0.39 is 10.0 Å². The Bertz CT molecular complexity index is 803. The molecule has 136 valence electrons. The molecule has 1 aromatic heterocycles. The zero-order valence-electron chi connectivity index (χ0n) is 13.3. The molecule has 0 unspecified atom stereocenters. The monoisotopic (exact) mass is 448 g/mol. The molecule has 0 bridgehead atoms. The van der Waals surface area contributed by atoms with Crippen LogP contribution >= 0.6 is 27.5 Å². The third-order valence-electron chi connectivity index (χ3n) is 3.25. The van der Waals surface area contributed by atoms with E-state index in [1.807, 2.05) is 0 Å². The standard InChI is InChI=1S/C16H18BrClN2O4S/c17-13-10-15(25(22,23)20-16-5-1-2-6-19-16)12(9-14(13)18)11-24-8-4-3-7-21/h1-2,5-6,9-10,21H,3-4,7-8,11H2,(H,19,20). The summed E-state index contributed by atoms with van der Waals surface area (Å²) in [5, 5.41) is 9.16. The molecule has 0 aliphatic carbocycles. The average Bonchev–Trinajstić information content (AvgIpc) is 2.58. The van der Waals surface area contributed by atoms with Crippen molar-refractivity contribution in [2.75, 3.05) is 17.9 Å². The third-order valence-corrected chi connectivity index (χ3v) is 5.89. The van der Waals surface area contributed by atoms with E-state index in [0.717, 1.165) is 0 Å². The first-order valence-corrected chi connectivity index (χ1v) is 10.2. The Labute approximate surface area is 160 Å². The highest BCUT2D eigenvalue weighted by Crippen LogP contribution is 2.30. The summed E-state index contributed by atoms with van der Waals surface area (Å²) in [6.45, 7) is 0.611. The largest absolute Gasteiger partial charge is 0.396 e.